The molecule has 0 atom stereocenters. The number of anilines is 1. The van der Waals surface area contributed by atoms with Crippen LogP contribution in [0.15, 0.2) is 42.7 Å². The first kappa shape index (κ1) is 14.0. The number of hydrogen-bond donors (Lipinski definition) is 1. The number of carbonyl (C=O) groups excluding carboxylic acids is 1. The molecular weight excluding hydrogens is 298 g/mol. The first-order chi connectivity index (χ1) is 10.7. The van der Waals surface area contributed by atoms with Crippen molar-refractivity contribution in [2.45, 2.75) is 6.54 Å². The summed E-state index contributed by atoms with van der Waals surface area (Å²) in [7, 11) is 0. The molecule has 2 N–H and O–H groups in total. The van der Waals surface area contributed by atoms with Crippen LogP contribution in [0.5, 0.6) is 0 Å². The average molecular weight is 309 g/mol. The van der Waals surface area contributed by atoms with E-state index in [1.165, 1.54) is 16.2 Å². The van der Waals surface area contributed by atoms with Crippen LogP contribution in [0, 0.1) is 11.3 Å². The van der Waals surface area contributed by atoms with Gasteiger partial charge in [0, 0.05) is 12.4 Å². The first-order valence-corrected chi connectivity index (χ1v) is 7.25. The highest BCUT2D eigenvalue weighted by Gasteiger charge is 2.17. The minimum absolute atomic E-state index is 0.300. The van der Waals surface area contributed by atoms with Gasteiger partial charge >= 0.3 is 6.03 Å². The van der Waals surface area contributed by atoms with Crippen LogP contribution in [0.3, 0.4) is 0 Å². The van der Waals surface area contributed by atoms with E-state index in [4.69, 9.17) is 11.0 Å². The molecule has 108 valence electrons. The van der Waals surface area contributed by atoms with Crippen LogP contribution in [0.2, 0.25) is 0 Å². The van der Waals surface area contributed by atoms with E-state index in [0.29, 0.717) is 17.2 Å². The summed E-state index contributed by atoms with van der Waals surface area (Å²) in [5.41, 5.74) is 7.62. The van der Waals surface area contributed by atoms with Crippen LogP contribution in [-0.2, 0) is 6.54 Å². The summed E-state index contributed by atoms with van der Waals surface area (Å²) in [5.74, 6) is 0. The molecule has 2 heterocycles. The van der Waals surface area contributed by atoms with Crippen molar-refractivity contribution in [3.63, 3.8) is 0 Å². The first-order valence-electron chi connectivity index (χ1n) is 6.44. The van der Waals surface area contributed by atoms with E-state index in [0.717, 1.165) is 15.8 Å². The largest absolute Gasteiger partial charge is 0.351 e. The maximum Gasteiger partial charge on any atom is 0.321 e. The highest BCUT2D eigenvalue weighted by atomic mass is 32.1. The molecule has 0 saturated carbocycles. The SMILES string of the molecule is N#Cc1ccc2nc(N(Cc3cccnc3)C(N)=O)sc2c1. The molecule has 0 aliphatic carbocycles. The molecule has 22 heavy (non-hydrogen) atoms. The van der Waals surface area contributed by atoms with Crippen molar-refractivity contribution in [1.29, 1.82) is 5.26 Å². The number of amides is 2. The number of nitriles is 1. The van der Waals surface area contributed by atoms with Crippen LogP contribution in [0.25, 0.3) is 10.2 Å². The summed E-state index contributed by atoms with van der Waals surface area (Å²) < 4.78 is 0.839. The zero-order valence-electron chi connectivity index (χ0n) is 11.4. The van der Waals surface area contributed by atoms with E-state index >= 15 is 0 Å². The summed E-state index contributed by atoms with van der Waals surface area (Å²) in [6, 6.07) is 10.4. The molecule has 0 radical (unpaired) electrons. The molecule has 3 aromatic rings. The van der Waals surface area contributed by atoms with Gasteiger partial charge < -0.3 is 5.73 Å². The van der Waals surface area contributed by atoms with Gasteiger partial charge in [0.05, 0.1) is 28.4 Å². The van der Waals surface area contributed by atoms with Gasteiger partial charge in [0.25, 0.3) is 0 Å². The molecule has 3 rings (SSSR count). The van der Waals surface area contributed by atoms with Crippen molar-refractivity contribution in [2.75, 3.05) is 4.90 Å². The molecular formula is C15H11N5OS. The molecule has 0 saturated heterocycles. The molecule has 0 fully saturated rings. The third-order valence-electron chi connectivity index (χ3n) is 3.07. The Morgan fingerprint density at radius 1 is 1.41 bits per heavy atom. The maximum atomic E-state index is 11.7. The van der Waals surface area contributed by atoms with Crippen molar-refractivity contribution in [3.8, 4) is 6.07 Å². The van der Waals surface area contributed by atoms with Gasteiger partial charge in [0.1, 0.15) is 0 Å². The molecule has 7 heteroatoms. The molecule has 1 aromatic carbocycles. The molecule has 2 amide bonds. The van der Waals surface area contributed by atoms with Crippen molar-refractivity contribution < 1.29 is 4.79 Å². The van der Waals surface area contributed by atoms with E-state index in [1.54, 1.807) is 36.7 Å². The number of rotatable bonds is 3. The third-order valence-corrected chi connectivity index (χ3v) is 4.11. The Morgan fingerprint density at radius 3 is 2.95 bits per heavy atom. The van der Waals surface area contributed by atoms with E-state index in [2.05, 4.69) is 16.0 Å². The number of fused-ring (bicyclic) bond motifs is 1. The normalized spacial score (nSPS) is 10.3. The van der Waals surface area contributed by atoms with Gasteiger partial charge in [-0.05, 0) is 29.8 Å². The van der Waals surface area contributed by atoms with Gasteiger partial charge in [0.2, 0.25) is 0 Å². The van der Waals surface area contributed by atoms with Crippen molar-refractivity contribution in [1.82, 2.24) is 9.97 Å². The predicted molar refractivity (Wildman–Crippen MR) is 84.3 cm³/mol. The second-order valence-electron chi connectivity index (χ2n) is 4.58. The monoisotopic (exact) mass is 309 g/mol. The average Bonchev–Trinajstić information content (AvgIpc) is 2.95. The van der Waals surface area contributed by atoms with Crippen LogP contribution in [-0.4, -0.2) is 16.0 Å². The summed E-state index contributed by atoms with van der Waals surface area (Å²) in [5, 5.41) is 9.44. The minimum Gasteiger partial charge on any atom is -0.351 e. The second-order valence-corrected chi connectivity index (χ2v) is 5.59. The van der Waals surface area contributed by atoms with E-state index in [9.17, 15) is 4.79 Å². The Morgan fingerprint density at radius 2 is 2.27 bits per heavy atom. The van der Waals surface area contributed by atoms with Crippen LogP contribution < -0.4 is 10.6 Å². The Balaban J connectivity index is 1.98. The van der Waals surface area contributed by atoms with E-state index in [-0.39, 0.29) is 0 Å². The number of carbonyl (C=O) groups is 1. The standard InChI is InChI=1S/C15H11N5OS/c16-7-10-3-4-12-13(6-10)22-15(19-12)20(14(17)21)9-11-2-1-5-18-8-11/h1-6,8H,9H2,(H2,17,21). The van der Waals surface area contributed by atoms with Crippen molar-refractivity contribution in [2.24, 2.45) is 5.73 Å². The fourth-order valence-corrected chi connectivity index (χ4v) is 3.02. The second kappa shape index (κ2) is 5.79. The number of thiazole rings is 1. The highest BCUT2D eigenvalue weighted by Crippen LogP contribution is 2.30. The van der Waals surface area contributed by atoms with E-state index < -0.39 is 6.03 Å². The molecule has 0 aliphatic heterocycles. The van der Waals surface area contributed by atoms with Gasteiger partial charge in [-0.2, -0.15) is 5.26 Å². The number of urea groups is 1. The van der Waals surface area contributed by atoms with E-state index in [1.807, 2.05) is 6.07 Å². The highest BCUT2D eigenvalue weighted by molar-refractivity contribution is 7.22. The number of nitrogens with two attached hydrogens (primary N) is 1. The molecule has 0 bridgehead atoms. The van der Waals surface area contributed by atoms with Crippen molar-refractivity contribution in [3.05, 3.63) is 53.9 Å². The lowest BCUT2D eigenvalue weighted by atomic mass is 10.2. The Hall–Kier alpha value is -2.98. The summed E-state index contributed by atoms with van der Waals surface area (Å²) in [4.78, 5) is 21.6. The molecule has 0 unspecified atom stereocenters. The van der Waals surface area contributed by atoms with Gasteiger partial charge in [-0.3, -0.25) is 9.88 Å². The van der Waals surface area contributed by atoms with Gasteiger partial charge in [0.15, 0.2) is 5.13 Å². The summed E-state index contributed by atoms with van der Waals surface area (Å²) in [6.45, 7) is 0.300. The van der Waals surface area contributed by atoms with Crippen molar-refractivity contribution >= 4 is 32.7 Å². The molecule has 6 nitrogen and oxygen atoms in total. The number of aromatic nitrogens is 2. The fraction of sp³-hybridized carbons (Fsp3) is 0.0667. The number of primary amides is 1. The summed E-state index contributed by atoms with van der Waals surface area (Å²) >= 11 is 1.32. The van der Waals surface area contributed by atoms with Crippen LogP contribution >= 0.6 is 11.3 Å². The lowest BCUT2D eigenvalue weighted by molar-refractivity contribution is 0.253. The maximum absolute atomic E-state index is 11.7. The zero-order chi connectivity index (χ0) is 15.5. The minimum atomic E-state index is -0.580. The van der Waals surface area contributed by atoms with Crippen LogP contribution in [0.1, 0.15) is 11.1 Å². The number of hydrogen-bond acceptors (Lipinski definition) is 5. The molecule has 0 spiro atoms. The van der Waals surface area contributed by atoms with Gasteiger partial charge in [-0.1, -0.05) is 17.4 Å². The molecule has 0 aliphatic rings. The Kier molecular flexibility index (Phi) is 3.68. The third kappa shape index (κ3) is 2.73. The lowest BCUT2D eigenvalue weighted by Gasteiger charge is -2.16. The fourth-order valence-electron chi connectivity index (χ4n) is 2.01. The number of nitrogens with zero attached hydrogens (tertiary/aromatic N) is 4. The Labute approximate surface area is 130 Å². The smallest absolute Gasteiger partial charge is 0.321 e. The van der Waals surface area contributed by atoms with Gasteiger partial charge in [-0.25, -0.2) is 9.78 Å². The lowest BCUT2D eigenvalue weighted by Crippen LogP contribution is -2.35. The Bertz CT molecular complexity index is 869. The number of pyridine rings is 1. The number of benzene rings is 1. The quantitative estimate of drug-likeness (QED) is 0.804. The predicted octanol–water partition coefficient (Wildman–Crippen LogP) is 2.65. The summed E-state index contributed by atoms with van der Waals surface area (Å²) in [6.07, 6.45) is 3.34. The van der Waals surface area contributed by atoms with Gasteiger partial charge in [-0.15, -0.1) is 0 Å². The topological polar surface area (TPSA) is 95.9 Å². The zero-order valence-corrected chi connectivity index (χ0v) is 12.2. The molecule has 2 aromatic heterocycles. The van der Waals surface area contributed by atoms with Crippen LogP contribution in [0.4, 0.5) is 9.93 Å².